The van der Waals surface area contributed by atoms with Gasteiger partial charge in [-0.05, 0) is 18.9 Å². The SMILES string of the molecule is CC(=O)NCC(=O)N1CCC[C@H](Oc2cccnn2)C1. The Balaban J connectivity index is 1.85. The highest BCUT2D eigenvalue weighted by Gasteiger charge is 2.25. The fraction of sp³-hybridized carbons (Fsp3) is 0.538. The second-order valence-electron chi connectivity index (χ2n) is 4.69. The number of carbonyl (C=O) groups excluding carboxylic acids is 2. The van der Waals surface area contributed by atoms with Gasteiger partial charge in [-0.25, -0.2) is 0 Å². The molecule has 7 nitrogen and oxygen atoms in total. The molecule has 1 fully saturated rings. The van der Waals surface area contributed by atoms with Gasteiger partial charge in [-0.15, -0.1) is 5.10 Å². The molecule has 0 aromatic carbocycles. The van der Waals surface area contributed by atoms with Crippen LogP contribution in [-0.4, -0.2) is 52.6 Å². The number of amides is 2. The first-order chi connectivity index (χ1) is 9.65. The number of nitrogens with zero attached hydrogens (tertiary/aromatic N) is 3. The summed E-state index contributed by atoms with van der Waals surface area (Å²) < 4.78 is 5.71. The molecule has 1 N–H and O–H groups in total. The molecule has 0 unspecified atom stereocenters. The number of nitrogens with one attached hydrogen (secondary N) is 1. The molecule has 1 aromatic heterocycles. The second-order valence-corrected chi connectivity index (χ2v) is 4.69. The molecule has 1 saturated heterocycles. The molecule has 0 spiro atoms. The van der Waals surface area contributed by atoms with E-state index in [2.05, 4.69) is 15.5 Å². The van der Waals surface area contributed by atoms with Crippen LogP contribution in [0.15, 0.2) is 18.3 Å². The Kier molecular flexibility index (Phi) is 4.86. The van der Waals surface area contributed by atoms with Crippen LogP contribution in [0.5, 0.6) is 5.88 Å². The van der Waals surface area contributed by atoms with Crippen molar-refractivity contribution in [2.75, 3.05) is 19.6 Å². The molecule has 0 bridgehead atoms. The standard InChI is InChI=1S/C13H18N4O3/c1-10(18)14-8-13(19)17-7-3-4-11(9-17)20-12-5-2-6-15-16-12/h2,5-6,11H,3-4,7-9H2,1H3,(H,14,18)/t11-/m0/s1. The Hall–Kier alpha value is -2.18. The molecule has 7 heteroatoms. The zero-order valence-electron chi connectivity index (χ0n) is 11.4. The Morgan fingerprint density at radius 1 is 1.55 bits per heavy atom. The maximum atomic E-state index is 11.9. The Morgan fingerprint density at radius 2 is 2.40 bits per heavy atom. The number of aromatic nitrogens is 2. The van der Waals surface area contributed by atoms with Crippen LogP contribution in [0, 0.1) is 0 Å². The maximum Gasteiger partial charge on any atom is 0.242 e. The summed E-state index contributed by atoms with van der Waals surface area (Å²) in [6, 6.07) is 3.50. The Bertz CT molecular complexity index is 466. The fourth-order valence-corrected chi connectivity index (χ4v) is 2.09. The van der Waals surface area contributed by atoms with Gasteiger partial charge in [0.25, 0.3) is 0 Å². The van der Waals surface area contributed by atoms with E-state index in [0.717, 1.165) is 12.8 Å². The van der Waals surface area contributed by atoms with Gasteiger partial charge in [-0.1, -0.05) is 0 Å². The zero-order chi connectivity index (χ0) is 14.4. The van der Waals surface area contributed by atoms with E-state index in [0.29, 0.717) is 19.0 Å². The van der Waals surface area contributed by atoms with Crippen molar-refractivity contribution in [1.29, 1.82) is 0 Å². The molecule has 1 aliphatic heterocycles. The molecular formula is C13H18N4O3. The highest BCUT2D eigenvalue weighted by atomic mass is 16.5. The lowest BCUT2D eigenvalue weighted by Crippen LogP contribution is -2.47. The first-order valence-electron chi connectivity index (χ1n) is 6.61. The van der Waals surface area contributed by atoms with Gasteiger partial charge in [-0.2, -0.15) is 5.10 Å². The number of hydrogen-bond donors (Lipinski definition) is 1. The number of piperidine rings is 1. The summed E-state index contributed by atoms with van der Waals surface area (Å²) in [6.07, 6.45) is 3.25. The average Bonchev–Trinajstić information content (AvgIpc) is 2.46. The van der Waals surface area contributed by atoms with Crippen LogP contribution < -0.4 is 10.1 Å². The van der Waals surface area contributed by atoms with E-state index in [9.17, 15) is 9.59 Å². The normalized spacial score (nSPS) is 18.4. The molecule has 2 heterocycles. The molecule has 108 valence electrons. The third kappa shape index (κ3) is 4.18. The molecular weight excluding hydrogens is 260 g/mol. The molecule has 2 rings (SSSR count). The number of likely N-dealkylation sites (tertiary alicyclic amines) is 1. The predicted molar refractivity (Wildman–Crippen MR) is 70.9 cm³/mol. The van der Waals surface area contributed by atoms with Gasteiger partial charge in [0.15, 0.2) is 0 Å². The van der Waals surface area contributed by atoms with E-state index in [1.165, 1.54) is 6.92 Å². The van der Waals surface area contributed by atoms with Crippen molar-refractivity contribution >= 4 is 11.8 Å². The van der Waals surface area contributed by atoms with E-state index < -0.39 is 0 Å². The third-order valence-electron chi connectivity index (χ3n) is 3.05. The predicted octanol–water partition coefficient (Wildman–Crippen LogP) is -0.0175. The maximum absolute atomic E-state index is 11.9. The van der Waals surface area contributed by atoms with Crippen LogP contribution in [0.4, 0.5) is 0 Å². The van der Waals surface area contributed by atoms with Gasteiger partial charge in [0, 0.05) is 25.7 Å². The molecule has 1 aromatic rings. The summed E-state index contributed by atoms with van der Waals surface area (Å²) in [5, 5.41) is 10.1. The van der Waals surface area contributed by atoms with Gasteiger partial charge in [0.05, 0.1) is 13.1 Å². The first kappa shape index (κ1) is 14.2. The van der Waals surface area contributed by atoms with Crippen molar-refractivity contribution in [3.8, 4) is 5.88 Å². The minimum atomic E-state index is -0.206. The minimum absolute atomic E-state index is 0.0349. The third-order valence-corrected chi connectivity index (χ3v) is 3.05. The zero-order valence-corrected chi connectivity index (χ0v) is 11.4. The van der Waals surface area contributed by atoms with Crippen LogP contribution in [-0.2, 0) is 9.59 Å². The summed E-state index contributed by atoms with van der Waals surface area (Å²) in [5.41, 5.74) is 0. The topological polar surface area (TPSA) is 84.4 Å². The van der Waals surface area contributed by atoms with E-state index in [1.807, 2.05) is 0 Å². The summed E-state index contributed by atoms with van der Waals surface area (Å²) in [6.45, 7) is 2.63. The fourth-order valence-electron chi connectivity index (χ4n) is 2.09. The van der Waals surface area contributed by atoms with Gasteiger partial charge in [0.2, 0.25) is 17.7 Å². The van der Waals surface area contributed by atoms with Crippen LogP contribution in [0.1, 0.15) is 19.8 Å². The summed E-state index contributed by atoms with van der Waals surface area (Å²) in [4.78, 5) is 24.5. The highest BCUT2D eigenvalue weighted by molar-refractivity contribution is 5.83. The molecule has 1 aliphatic rings. The van der Waals surface area contributed by atoms with Crippen LogP contribution in [0.2, 0.25) is 0 Å². The van der Waals surface area contributed by atoms with Crippen LogP contribution >= 0.6 is 0 Å². The van der Waals surface area contributed by atoms with Crippen molar-refractivity contribution < 1.29 is 14.3 Å². The van der Waals surface area contributed by atoms with E-state index in [1.54, 1.807) is 23.2 Å². The molecule has 2 amide bonds. The molecule has 20 heavy (non-hydrogen) atoms. The van der Waals surface area contributed by atoms with E-state index in [-0.39, 0.29) is 24.5 Å². The van der Waals surface area contributed by atoms with Crippen molar-refractivity contribution in [3.63, 3.8) is 0 Å². The summed E-state index contributed by atoms with van der Waals surface area (Å²) in [5.74, 6) is 0.170. The first-order valence-corrected chi connectivity index (χ1v) is 6.61. The number of carbonyl (C=O) groups is 2. The smallest absolute Gasteiger partial charge is 0.242 e. The van der Waals surface area contributed by atoms with Gasteiger partial charge in [0.1, 0.15) is 6.10 Å². The van der Waals surface area contributed by atoms with Gasteiger partial charge >= 0.3 is 0 Å². The van der Waals surface area contributed by atoms with Crippen LogP contribution in [0.3, 0.4) is 0 Å². The monoisotopic (exact) mass is 278 g/mol. The molecule has 1 atom stereocenters. The van der Waals surface area contributed by atoms with Gasteiger partial charge in [-0.3, -0.25) is 9.59 Å². The minimum Gasteiger partial charge on any atom is -0.471 e. The molecule has 0 aliphatic carbocycles. The molecule has 0 saturated carbocycles. The lowest BCUT2D eigenvalue weighted by atomic mass is 10.1. The highest BCUT2D eigenvalue weighted by Crippen LogP contribution is 2.15. The lowest BCUT2D eigenvalue weighted by molar-refractivity contribution is -0.134. The lowest BCUT2D eigenvalue weighted by Gasteiger charge is -2.32. The summed E-state index contributed by atoms with van der Waals surface area (Å²) in [7, 11) is 0. The van der Waals surface area contributed by atoms with Crippen molar-refractivity contribution in [3.05, 3.63) is 18.3 Å². The largest absolute Gasteiger partial charge is 0.471 e. The van der Waals surface area contributed by atoms with Crippen molar-refractivity contribution in [2.24, 2.45) is 0 Å². The van der Waals surface area contributed by atoms with E-state index in [4.69, 9.17) is 4.74 Å². The van der Waals surface area contributed by atoms with Gasteiger partial charge < -0.3 is 15.0 Å². The van der Waals surface area contributed by atoms with Crippen molar-refractivity contribution in [1.82, 2.24) is 20.4 Å². The van der Waals surface area contributed by atoms with Crippen molar-refractivity contribution in [2.45, 2.75) is 25.9 Å². The average molecular weight is 278 g/mol. The number of rotatable bonds is 4. The Morgan fingerprint density at radius 3 is 3.10 bits per heavy atom. The Labute approximate surface area is 117 Å². The van der Waals surface area contributed by atoms with Crippen LogP contribution in [0.25, 0.3) is 0 Å². The number of ether oxygens (including phenoxy) is 1. The summed E-state index contributed by atoms with van der Waals surface area (Å²) >= 11 is 0. The quantitative estimate of drug-likeness (QED) is 0.837. The number of hydrogen-bond acceptors (Lipinski definition) is 5. The molecule has 0 radical (unpaired) electrons. The second kappa shape index (κ2) is 6.83. The van der Waals surface area contributed by atoms with E-state index >= 15 is 0 Å².